The number of piperidine rings is 1. The number of benzene rings is 1. The van der Waals surface area contributed by atoms with Crippen LogP contribution in [0.4, 0.5) is 4.79 Å². The lowest BCUT2D eigenvalue weighted by molar-refractivity contribution is -0.132. The summed E-state index contributed by atoms with van der Waals surface area (Å²) in [7, 11) is 3.44. The molecule has 1 aliphatic rings. The minimum Gasteiger partial charge on any atom is -0.492 e. The van der Waals surface area contributed by atoms with Gasteiger partial charge in [-0.05, 0) is 31.4 Å². The van der Waals surface area contributed by atoms with Gasteiger partial charge in [0.15, 0.2) is 0 Å². The van der Waals surface area contributed by atoms with Gasteiger partial charge in [-0.15, -0.1) is 0 Å². The number of nitrogens with one attached hydrogen (secondary N) is 1. The lowest BCUT2D eigenvalue weighted by Crippen LogP contribution is -2.48. The molecular formula is C18H26ClN3O3. The van der Waals surface area contributed by atoms with E-state index in [2.05, 4.69) is 5.32 Å². The van der Waals surface area contributed by atoms with Crippen molar-refractivity contribution in [2.75, 3.05) is 33.8 Å². The Balaban J connectivity index is 1.64. The molecule has 1 aromatic rings. The van der Waals surface area contributed by atoms with Gasteiger partial charge in [0.2, 0.25) is 5.91 Å². The Morgan fingerprint density at radius 2 is 1.96 bits per heavy atom. The van der Waals surface area contributed by atoms with Crippen LogP contribution in [-0.2, 0) is 4.79 Å². The van der Waals surface area contributed by atoms with Gasteiger partial charge in [0.25, 0.3) is 0 Å². The minimum absolute atomic E-state index is 0.0819. The van der Waals surface area contributed by atoms with Gasteiger partial charge in [-0.2, -0.15) is 0 Å². The molecule has 0 unspecified atom stereocenters. The zero-order valence-electron chi connectivity index (χ0n) is 14.8. The average Bonchev–Trinajstić information content (AvgIpc) is 2.60. The Labute approximate surface area is 154 Å². The third-order valence-electron chi connectivity index (χ3n) is 4.21. The summed E-state index contributed by atoms with van der Waals surface area (Å²) in [5.41, 5.74) is 0. The molecule has 6 nitrogen and oxygen atoms in total. The number of likely N-dealkylation sites (tertiary alicyclic amines) is 1. The Morgan fingerprint density at radius 3 is 2.60 bits per heavy atom. The highest BCUT2D eigenvalue weighted by Gasteiger charge is 2.23. The van der Waals surface area contributed by atoms with E-state index >= 15 is 0 Å². The molecule has 1 saturated heterocycles. The lowest BCUT2D eigenvalue weighted by atomic mass is 10.0. The van der Waals surface area contributed by atoms with Crippen molar-refractivity contribution in [1.82, 2.24) is 15.1 Å². The van der Waals surface area contributed by atoms with Crippen LogP contribution in [0.25, 0.3) is 0 Å². The fraction of sp³-hybridized carbons (Fsp3) is 0.556. The number of hydrogen-bond acceptors (Lipinski definition) is 3. The van der Waals surface area contributed by atoms with E-state index in [9.17, 15) is 9.59 Å². The van der Waals surface area contributed by atoms with Gasteiger partial charge in [-0.3, -0.25) is 4.79 Å². The number of halogens is 1. The molecule has 0 atom stereocenters. The molecule has 7 heteroatoms. The number of amides is 3. The van der Waals surface area contributed by atoms with E-state index in [1.807, 2.05) is 23.1 Å². The maximum Gasteiger partial charge on any atom is 0.317 e. The first-order chi connectivity index (χ1) is 12.0. The second-order valence-electron chi connectivity index (χ2n) is 6.38. The third-order valence-corrected chi connectivity index (χ3v) is 4.52. The van der Waals surface area contributed by atoms with Gasteiger partial charge >= 0.3 is 6.03 Å². The monoisotopic (exact) mass is 367 g/mol. The molecule has 25 heavy (non-hydrogen) atoms. The van der Waals surface area contributed by atoms with E-state index < -0.39 is 0 Å². The Hall–Kier alpha value is -1.95. The van der Waals surface area contributed by atoms with Crippen LogP contribution in [0.3, 0.4) is 0 Å². The summed E-state index contributed by atoms with van der Waals surface area (Å²) in [4.78, 5) is 27.3. The number of hydrogen-bond donors (Lipinski definition) is 1. The number of nitrogens with zero attached hydrogens (tertiary/aromatic N) is 2. The standard InChI is InChI=1S/C18H26ClN3O3/c1-21(2)18(24)20-14-9-11-22(12-10-14)17(23)8-5-13-25-16-7-4-3-6-15(16)19/h3-4,6-7,14H,5,8-13H2,1-2H3,(H,20,24). The number of ether oxygens (including phenoxy) is 1. The average molecular weight is 368 g/mol. The van der Waals surface area contributed by atoms with Crippen LogP contribution < -0.4 is 10.1 Å². The SMILES string of the molecule is CN(C)C(=O)NC1CCN(C(=O)CCCOc2ccccc2Cl)CC1. The first kappa shape index (κ1) is 19.4. The molecule has 1 N–H and O–H groups in total. The second kappa shape index (κ2) is 9.51. The normalized spacial score (nSPS) is 14.9. The quantitative estimate of drug-likeness (QED) is 0.786. The molecule has 3 amide bonds. The molecule has 2 rings (SSSR count). The second-order valence-corrected chi connectivity index (χ2v) is 6.79. The molecule has 1 aliphatic heterocycles. The first-order valence-electron chi connectivity index (χ1n) is 8.60. The Kier molecular flexibility index (Phi) is 7.37. The van der Waals surface area contributed by atoms with Crippen LogP contribution >= 0.6 is 11.6 Å². The van der Waals surface area contributed by atoms with E-state index in [4.69, 9.17) is 16.3 Å². The fourth-order valence-electron chi connectivity index (χ4n) is 2.70. The number of carbonyl (C=O) groups is 2. The predicted molar refractivity (Wildman–Crippen MR) is 98.0 cm³/mol. The van der Waals surface area contributed by atoms with E-state index in [1.54, 1.807) is 20.2 Å². The molecule has 0 bridgehead atoms. The van der Waals surface area contributed by atoms with Gasteiger partial charge in [-0.1, -0.05) is 23.7 Å². The van der Waals surface area contributed by atoms with Crippen LogP contribution in [-0.4, -0.2) is 61.6 Å². The van der Waals surface area contributed by atoms with Gasteiger partial charge in [0.1, 0.15) is 5.75 Å². The third kappa shape index (κ3) is 6.12. The van der Waals surface area contributed by atoms with Crippen LogP contribution in [0, 0.1) is 0 Å². The van der Waals surface area contributed by atoms with Crippen molar-refractivity contribution in [2.24, 2.45) is 0 Å². The molecule has 138 valence electrons. The zero-order valence-corrected chi connectivity index (χ0v) is 15.6. The zero-order chi connectivity index (χ0) is 18.2. The Morgan fingerprint density at radius 1 is 1.28 bits per heavy atom. The number of para-hydroxylation sites is 1. The van der Waals surface area contributed by atoms with Crippen molar-refractivity contribution in [3.63, 3.8) is 0 Å². The van der Waals surface area contributed by atoms with E-state index in [1.165, 1.54) is 4.90 Å². The summed E-state index contributed by atoms with van der Waals surface area (Å²) in [6.07, 6.45) is 2.70. The van der Waals surface area contributed by atoms with Crippen molar-refractivity contribution in [3.8, 4) is 5.75 Å². The van der Waals surface area contributed by atoms with Gasteiger partial charge in [0.05, 0.1) is 11.6 Å². The van der Waals surface area contributed by atoms with Gasteiger partial charge < -0.3 is 19.9 Å². The smallest absolute Gasteiger partial charge is 0.317 e. The van der Waals surface area contributed by atoms with Crippen LogP contribution in [0.15, 0.2) is 24.3 Å². The maximum absolute atomic E-state index is 12.3. The first-order valence-corrected chi connectivity index (χ1v) is 8.98. The maximum atomic E-state index is 12.3. The van der Waals surface area contributed by atoms with E-state index in [0.717, 1.165) is 12.8 Å². The molecule has 0 spiro atoms. The Bertz CT molecular complexity index is 587. The topological polar surface area (TPSA) is 61.9 Å². The van der Waals surface area contributed by atoms with Crippen molar-refractivity contribution >= 4 is 23.5 Å². The molecule has 1 aromatic carbocycles. The van der Waals surface area contributed by atoms with Crippen LogP contribution in [0.1, 0.15) is 25.7 Å². The summed E-state index contributed by atoms with van der Waals surface area (Å²) < 4.78 is 5.60. The van der Waals surface area contributed by atoms with Crippen molar-refractivity contribution in [3.05, 3.63) is 29.3 Å². The minimum atomic E-state index is -0.0819. The highest BCUT2D eigenvalue weighted by molar-refractivity contribution is 6.32. The van der Waals surface area contributed by atoms with Gasteiger partial charge in [0, 0.05) is 39.6 Å². The number of urea groups is 1. The molecule has 0 aromatic heterocycles. The molecule has 0 aliphatic carbocycles. The largest absolute Gasteiger partial charge is 0.492 e. The van der Waals surface area contributed by atoms with Crippen LogP contribution in [0.5, 0.6) is 5.75 Å². The van der Waals surface area contributed by atoms with E-state index in [-0.39, 0.29) is 18.0 Å². The summed E-state index contributed by atoms with van der Waals surface area (Å²) in [5.74, 6) is 0.786. The van der Waals surface area contributed by atoms with Gasteiger partial charge in [-0.25, -0.2) is 4.79 Å². The summed E-state index contributed by atoms with van der Waals surface area (Å²) in [6, 6.07) is 7.37. The number of rotatable bonds is 6. The van der Waals surface area contributed by atoms with Crippen molar-refractivity contribution in [2.45, 2.75) is 31.7 Å². The molecule has 1 heterocycles. The van der Waals surface area contributed by atoms with Crippen molar-refractivity contribution in [1.29, 1.82) is 0 Å². The van der Waals surface area contributed by atoms with Crippen LogP contribution in [0.2, 0.25) is 5.02 Å². The summed E-state index contributed by atoms with van der Waals surface area (Å²) in [5, 5.41) is 3.55. The number of carbonyl (C=O) groups excluding carboxylic acids is 2. The molecule has 1 fully saturated rings. The highest BCUT2D eigenvalue weighted by Crippen LogP contribution is 2.23. The molecule has 0 radical (unpaired) electrons. The lowest BCUT2D eigenvalue weighted by Gasteiger charge is -2.33. The summed E-state index contributed by atoms with van der Waals surface area (Å²) >= 11 is 6.02. The molecular weight excluding hydrogens is 342 g/mol. The fourth-order valence-corrected chi connectivity index (χ4v) is 2.89. The summed E-state index contributed by atoms with van der Waals surface area (Å²) in [6.45, 7) is 1.83. The van der Waals surface area contributed by atoms with Crippen molar-refractivity contribution < 1.29 is 14.3 Å². The predicted octanol–water partition coefficient (Wildman–Crippen LogP) is 2.76. The van der Waals surface area contributed by atoms with E-state index in [0.29, 0.717) is 43.3 Å². The molecule has 0 saturated carbocycles. The highest BCUT2D eigenvalue weighted by atomic mass is 35.5.